The fraction of sp³-hybridized carbons (Fsp3) is 0.747. The summed E-state index contributed by atoms with van der Waals surface area (Å²) in [6, 6.07) is 0. The van der Waals surface area contributed by atoms with Gasteiger partial charge in [-0.25, -0.2) is 0 Å². The van der Waals surface area contributed by atoms with Crippen LogP contribution in [0.3, 0.4) is 0 Å². The fourth-order valence-corrected chi connectivity index (χ4v) is 9.93. The van der Waals surface area contributed by atoms with E-state index in [1.54, 1.807) is 0 Å². The molecule has 0 aliphatic heterocycles. The summed E-state index contributed by atoms with van der Waals surface area (Å²) in [6.45, 7) is 6.49. The molecule has 0 aromatic carbocycles. The molecular weight excluding hydrogens is 997 g/mol. The van der Waals surface area contributed by atoms with Crippen molar-refractivity contribution in [1.82, 2.24) is 0 Å². The second-order valence-electron chi connectivity index (χ2n) is 23.1. The minimum Gasteiger partial charge on any atom is -0.462 e. The largest absolute Gasteiger partial charge is 0.462 e. The number of rotatable bonds is 63. The zero-order chi connectivity index (χ0) is 58.5. The molecule has 0 rings (SSSR count). The SMILES string of the molecule is CC/C=C\C/C=C\C/C=C\C/C=C\C/C=C\C/C=C\C/C=C\C/C=C\CCCCC(=O)OC(COC(=O)CCCCCCCCC)COC(=O)CCCCCCCCCCCCCCCCCCCCCCCCCCCCCCC. The van der Waals surface area contributed by atoms with E-state index in [2.05, 4.69) is 118 Å². The lowest BCUT2D eigenvalue weighted by molar-refractivity contribution is -0.167. The molecule has 0 bridgehead atoms. The molecule has 0 saturated carbocycles. The number of hydrogen-bond acceptors (Lipinski definition) is 6. The van der Waals surface area contributed by atoms with E-state index < -0.39 is 6.10 Å². The maximum absolute atomic E-state index is 12.9. The van der Waals surface area contributed by atoms with Crippen LogP contribution in [0.4, 0.5) is 0 Å². The van der Waals surface area contributed by atoms with Gasteiger partial charge < -0.3 is 14.2 Å². The van der Waals surface area contributed by atoms with Crippen LogP contribution in [0.15, 0.2) is 97.2 Å². The monoisotopic (exact) mass is 1130 g/mol. The van der Waals surface area contributed by atoms with Crippen molar-refractivity contribution in [1.29, 1.82) is 0 Å². The van der Waals surface area contributed by atoms with Gasteiger partial charge in [-0.1, -0.05) is 336 Å². The molecule has 0 amide bonds. The molecule has 1 atom stereocenters. The van der Waals surface area contributed by atoms with E-state index in [-0.39, 0.29) is 37.5 Å². The second kappa shape index (κ2) is 68.8. The summed E-state index contributed by atoms with van der Waals surface area (Å²) in [7, 11) is 0. The fourth-order valence-electron chi connectivity index (χ4n) is 9.93. The van der Waals surface area contributed by atoms with E-state index >= 15 is 0 Å². The van der Waals surface area contributed by atoms with E-state index in [9.17, 15) is 14.4 Å². The molecule has 0 aliphatic rings. The van der Waals surface area contributed by atoms with Gasteiger partial charge in [0.25, 0.3) is 0 Å². The van der Waals surface area contributed by atoms with Gasteiger partial charge in [-0.2, -0.15) is 0 Å². The third-order valence-electron chi connectivity index (χ3n) is 15.1. The van der Waals surface area contributed by atoms with Crippen LogP contribution in [0.1, 0.15) is 342 Å². The number of unbranched alkanes of at least 4 members (excludes halogenated alkanes) is 36. The Balaban J connectivity index is 4.15. The molecule has 0 N–H and O–H groups in total. The normalized spacial score (nSPS) is 12.7. The first-order valence-corrected chi connectivity index (χ1v) is 34.7. The molecule has 0 aromatic heterocycles. The highest BCUT2D eigenvalue weighted by atomic mass is 16.6. The molecule has 0 aromatic rings. The zero-order valence-electron chi connectivity index (χ0n) is 53.5. The third kappa shape index (κ3) is 67.0. The minimum atomic E-state index is -0.799. The van der Waals surface area contributed by atoms with Crippen molar-refractivity contribution >= 4 is 17.9 Å². The Morgan fingerprint density at radius 2 is 0.481 bits per heavy atom. The highest BCUT2D eigenvalue weighted by molar-refractivity contribution is 5.71. The molecule has 1 unspecified atom stereocenters. The number of allylic oxidation sites excluding steroid dienone is 16. The highest BCUT2D eigenvalue weighted by Crippen LogP contribution is 2.18. The first-order chi connectivity index (χ1) is 40.0. The van der Waals surface area contributed by atoms with Crippen LogP contribution in [0.2, 0.25) is 0 Å². The predicted molar refractivity (Wildman–Crippen MR) is 353 cm³/mol. The van der Waals surface area contributed by atoms with Crippen molar-refractivity contribution in [3.05, 3.63) is 97.2 Å². The lowest BCUT2D eigenvalue weighted by atomic mass is 10.0. The second-order valence-corrected chi connectivity index (χ2v) is 23.1. The van der Waals surface area contributed by atoms with Crippen LogP contribution >= 0.6 is 0 Å². The number of carbonyl (C=O) groups excluding carboxylic acids is 3. The summed E-state index contributed by atoms with van der Waals surface area (Å²) < 4.78 is 16.8. The highest BCUT2D eigenvalue weighted by Gasteiger charge is 2.19. The Labute approximate surface area is 502 Å². The van der Waals surface area contributed by atoms with E-state index in [1.807, 2.05) is 0 Å². The van der Waals surface area contributed by atoms with Crippen molar-refractivity contribution in [2.45, 2.75) is 348 Å². The van der Waals surface area contributed by atoms with E-state index in [0.717, 1.165) is 103 Å². The molecule has 0 heterocycles. The van der Waals surface area contributed by atoms with Gasteiger partial charge in [-0.15, -0.1) is 0 Å². The Hall–Kier alpha value is -3.67. The summed E-state index contributed by atoms with van der Waals surface area (Å²) in [5.41, 5.74) is 0. The molecule has 0 radical (unpaired) electrons. The Kier molecular flexibility index (Phi) is 65.7. The van der Waals surface area contributed by atoms with Gasteiger partial charge >= 0.3 is 17.9 Å². The quantitative estimate of drug-likeness (QED) is 0.0261. The van der Waals surface area contributed by atoms with Crippen molar-refractivity contribution in [2.75, 3.05) is 13.2 Å². The van der Waals surface area contributed by atoms with Crippen LogP contribution in [0.25, 0.3) is 0 Å². The van der Waals surface area contributed by atoms with E-state index in [1.165, 1.54) is 193 Å². The lowest BCUT2D eigenvalue weighted by Gasteiger charge is -2.18. The van der Waals surface area contributed by atoms with Crippen molar-refractivity contribution < 1.29 is 28.6 Å². The van der Waals surface area contributed by atoms with Crippen molar-refractivity contribution in [3.63, 3.8) is 0 Å². The van der Waals surface area contributed by atoms with Crippen molar-refractivity contribution in [3.8, 4) is 0 Å². The van der Waals surface area contributed by atoms with Crippen molar-refractivity contribution in [2.24, 2.45) is 0 Å². The summed E-state index contributed by atoms with van der Waals surface area (Å²) in [6.07, 6.45) is 93.3. The van der Waals surface area contributed by atoms with Gasteiger partial charge in [0.05, 0.1) is 0 Å². The van der Waals surface area contributed by atoms with Gasteiger partial charge in [0, 0.05) is 19.3 Å². The van der Waals surface area contributed by atoms with Gasteiger partial charge in [0.15, 0.2) is 6.10 Å². The Bertz CT molecular complexity index is 1580. The van der Waals surface area contributed by atoms with Crippen LogP contribution in [-0.2, 0) is 28.6 Å². The minimum absolute atomic E-state index is 0.0921. The van der Waals surface area contributed by atoms with Crippen LogP contribution in [0.5, 0.6) is 0 Å². The molecule has 0 fully saturated rings. The topological polar surface area (TPSA) is 78.9 Å². The first kappa shape index (κ1) is 77.3. The average Bonchev–Trinajstić information content (AvgIpc) is 3.46. The summed E-state index contributed by atoms with van der Waals surface area (Å²) in [5.74, 6) is -0.931. The summed E-state index contributed by atoms with van der Waals surface area (Å²) in [5, 5.41) is 0. The number of hydrogen-bond donors (Lipinski definition) is 0. The van der Waals surface area contributed by atoms with E-state index in [0.29, 0.717) is 19.3 Å². The standard InChI is InChI=1S/C75H130O6/c1-4-7-10-13-16-18-20-22-24-26-28-30-32-34-36-37-39-40-42-44-46-48-50-52-54-56-59-62-65-68-74(77)80-71-72(70-79-73(76)67-64-61-58-15-12-9-6-3)81-75(78)69-66-63-60-57-55-53-51-49-47-45-43-41-38-35-33-31-29-27-25-23-21-19-17-14-11-8-5-2/h8,11,17,19,23,25,29,31,35,38,43,45,49,51,55,57,72H,4-7,9-10,12-16,18,20-22,24,26-28,30,32-34,36-37,39-42,44,46-48,50,52-54,56,58-71H2,1-3H3/b11-8-,19-17-,25-23-,31-29-,38-35-,45-43-,51-49-,57-55-. The van der Waals surface area contributed by atoms with Crippen LogP contribution in [-0.4, -0.2) is 37.2 Å². The van der Waals surface area contributed by atoms with Gasteiger partial charge in [-0.05, 0) is 83.5 Å². The zero-order valence-corrected chi connectivity index (χ0v) is 53.5. The maximum Gasteiger partial charge on any atom is 0.306 e. The van der Waals surface area contributed by atoms with E-state index in [4.69, 9.17) is 14.2 Å². The number of carbonyl (C=O) groups is 3. The molecule has 81 heavy (non-hydrogen) atoms. The molecular formula is C75H130O6. The third-order valence-corrected chi connectivity index (χ3v) is 15.1. The molecule has 0 aliphatic carbocycles. The van der Waals surface area contributed by atoms with Gasteiger partial charge in [0.2, 0.25) is 0 Å². The predicted octanol–water partition coefficient (Wildman–Crippen LogP) is 24.0. The van der Waals surface area contributed by atoms with Gasteiger partial charge in [-0.3, -0.25) is 14.4 Å². The molecule has 6 heteroatoms. The molecule has 0 saturated heterocycles. The van der Waals surface area contributed by atoms with Crippen LogP contribution in [0, 0.1) is 0 Å². The summed E-state index contributed by atoms with van der Waals surface area (Å²) in [4.78, 5) is 38.1. The average molecular weight is 1130 g/mol. The number of esters is 3. The molecule has 0 spiro atoms. The smallest absolute Gasteiger partial charge is 0.306 e. The molecule has 466 valence electrons. The summed E-state index contributed by atoms with van der Waals surface area (Å²) >= 11 is 0. The lowest BCUT2D eigenvalue weighted by Crippen LogP contribution is -2.30. The first-order valence-electron chi connectivity index (χ1n) is 34.7. The Morgan fingerprint density at radius 3 is 0.753 bits per heavy atom. The maximum atomic E-state index is 12.9. The molecule has 6 nitrogen and oxygen atoms in total. The van der Waals surface area contributed by atoms with Gasteiger partial charge in [0.1, 0.15) is 13.2 Å². The Morgan fingerprint density at radius 1 is 0.259 bits per heavy atom. The number of ether oxygens (including phenoxy) is 3. The van der Waals surface area contributed by atoms with Crippen LogP contribution < -0.4 is 0 Å².